The van der Waals surface area contributed by atoms with Crippen molar-refractivity contribution in [2.45, 2.75) is 52.1 Å². The summed E-state index contributed by atoms with van der Waals surface area (Å²) in [6.45, 7) is 9.65. The van der Waals surface area contributed by atoms with Gasteiger partial charge in [-0.15, -0.1) is 24.8 Å². The maximum Gasteiger partial charge on any atom is 0.254 e. The monoisotopic (exact) mass is 435 g/mol. The average Bonchev–Trinajstić information content (AvgIpc) is 2.62. The number of piperazine rings is 1. The molecule has 0 aromatic heterocycles. The topological polar surface area (TPSA) is 49.6 Å². The molecule has 0 spiro atoms. The number of benzene rings is 1. The summed E-state index contributed by atoms with van der Waals surface area (Å²) >= 11 is 4.32. The van der Waals surface area contributed by atoms with Crippen molar-refractivity contribution in [3.8, 4) is 0 Å². The third-order valence-electron chi connectivity index (χ3n) is 5.32. The van der Waals surface area contributed by atoms with E-state index in [9.17, 15) is 4.79 Å². The third kappa shape index (κ3) is 7.13. The average molecular weight is 436 g/mol. The lowest BCUT2D eigenvalue weighted by atomic mass is 10.00. The maximum atomic E-state index is 13.0. The second-order valence-corrected chi connectivity index (χ2v) is 7.60. The number of aryl methyl sites for hydroxylation is 1. The van der Waals surface area contributed by atoms with Crippen LogP contribution in [0.3, 0.4) is 0 Å². The first-order valence-corrected chi connectivity index (χ1v) is 10.1. The molecule has 1 aliphatic heterocycles. The van der Waals surface area contributed by atoms with Crippen molar-refractivity contribution >= 4 is 43.4 Å². The number of rotatable bonds is 7. The molecule has 1 aromatic rings. The van der Waals surface area contributed by atoms with Crippen LogP contribution >= 0.6 is 37.4 Å². The predicted molar refractivity (Wildman–Crippen MR) is 123 cm³/mol. The van der Waals surface area contributed by atoms with Gasteiger partial charge in [0.1, 0.15) is 0 Å². The molecular weight excluding hydrogens is 401 g/mol. The Bertz CT molecular complexity index is 588. The van der Waals surface area contributed by atoms with E-state index in [4.69, 9.17) is 5.73 Å². The number of thiol groups is 1. The zero-order valence-corrected chi connectivity index (χ0v) is 19.2. The molecule has 2 rings (SSSR count). The Hall–Kier alpha value is -0.460. The molecule has 1 saturated heterocycles. The van der Waals surface area contributed by atoms with Crippen LogP contribution in [0, 0.1) is 13.8 Å². The number of hydrogen-bond acceptors (Lipinski definition) is 4. The van der Waals surface area contributed by atoms with Gasteiger partial charge in [-0.2, -0.15) is 12.6 Å². The van der Waals surface area contributed by atoms with Gasteiger partial charge in [0.2, 0.25) is 0 Å². The zero-order valence-electron chi connectivity index (χ0n) is 16.7. The van der Waals surface area contributed by atoms with Crippen LogP contribution in [0.2, 0.25) is 0 Å². The first kappa shape index (κ1) is 26.5. The minimum atomic E-state index is 0. The van der Waals surface area contributed by atoms with E-state index in [-0.39, 0.29) is 36.8 Å². The van der Waals surface area contributed by atoms with Gasteiger partial charge in [0.25, 0.3) is 5.91 Å². The van der Waals surface area contributed by atoms with Gasteiger partial charge in [0.15, 0.2) is 0 Å². The normalized spacial score (nSPS) is 18.4. The number of nitrogens with two attached hydrogens (primary N) is 1. The number of carbonyl (C=O) groups excluding carboxylic acids is 1. The minimum absolute atomic E-state index is 0. The molecule has 2 atom stereocenters. The lowest BCUT2D eigenvalue weighted by Gasteiger charge is -2.42. The van der Waals surface area contributed by atoms with Gasteiger partial charge in [0, 0.05) is 49.6 Å². The van der Waals surface area contributed by atoms with Gasteiger partial charge in [-0.05, 0) is 37.5 Å². The summed E-state index contributed by atoms with van der Waals surface area (Å²) in [5.41, 5.74) is 9.23. The summed E-state index contributed by atoms with van der Waals surface area (Å²) < 4.78 is 0. The van der Waals surface area contributed by atoms with Gasteiger partial charge in [-0.3, -0.25) is 9.69 Å². The fraction of sp³-hybridized carbons (Fsp3) is 0.650. The molecule has 1 aliphatic rings. The van der Waals surface area contributed by atoms with Crippen molar-refractivity contribution in [1.29, 1.82) is 0 Å². The molecule has 1 amide bonds. The smallest absolute Gasteiger partial charge is 0.254 e. The van der Waals surface area contributed by atoms with E-state index in [2.05, 4.69) is 37.4 Å². The molecular formula is C20H35Cl2N3OS. The van der Waals surface area contributed by atoms with Crippen molar-refractivity contribution in [1.82, 2.24) is 9.80 Å². The minimum Gasteiger partial charge on any atom is -0.336 e. The Balaban J connectivity index is 0.00000338. The van der Waals surface area contributed by atoms with E-state index in [1.165, 1.54) is 18.4 Å². The van der Waals surface area contributed by atoms with Crippen LogP contribution in [0.4, 0.5) is 0 Å². The summed E-state index contributed by atoms with van der Waals surface area (Å²) in [6, 6.07) is 6.48. The van der Waals surface area contributed by atoms with Crippen molar-refractivity contribution < 1.29 is 4.79 Å². The molecule has 1 aromatic carbocycles. The van der Waals surface area contributed by atoms with Crippen LogP contribution in [-0.4, -0.2) is 59.7 Å². The summed E-state index contributed by atoms with van der Waals surface area (Å²) in [5, 5.41) is 0. The first-order valence-electron chi connectivity index (χ1n) is 9.43. The largest absolute Gasteiger partial charge is 0.336 e. The van der Waals surface area contributed by atoms with Crippen LogP contribution < -0.4 is 5.73 Å². The molecule has 7 heteroatoms. The van der Waals surface area contributed by atoms with Crippen molar-refractivity contribution in [2.75, 3.05) is 31.9 Å². The van der Waals surface area contributed by atoms with Gasteiger partial charge >= 0.3 is 0 Å². The quantitative estimate of drug-likeness (QED) is 0.641. The molecule has 1 fully saturated rings. The van der Waals surface area contributed by atoms with Gasteiger partial charge in [-0.1, -0.05) is 31.9 Å². The highest BCUT2D eigenvalue weighted by Gasteiger charge is 2.30. The summed E-state index contributed by atoms with van der Waals surface area (Å²) in [4.78, 5) is 17.5. The SMILES string of the molecule is CCCC[C@H]1CN(C(=O)c2cccc(C)c2C)CCN1C[C@@H](N)CS.Cl.Cl. The number of carbonyl (C=O) groups is 1. The lowest BCUT2D eigenvalue weighted by molar-refractivity contribution is 0.0447. The standard InChI is InChI=1S/C20H33N3OS.2ClH/c1-4-5-8-18-13-23(11-10-22(18)12-17(21)14-25)20(24)19-9-6-7-15(2)16(19)3;;/h6-7,9,17-18,25H,4-5,8,10-14,21H2,1-3H3;2*1H/t17-,18+;;/m1../s1. The van der Waals surface area contributed by atoms with Crippen molar-refractivity contribution in [3.63, 3.8) is 0 Å². The Morgan fingerprint density at radius 1 is 1.30 bits per heavy atom. The molecule has 0 bridgehead atoms. The lowest BCUT2D eigenvalue weighted by Crippen LogP contribution is -2.57. The summed E-state index contributed by atoms with van der Waals surface area (Å²) in [7, 11) is 0. The van der Waals surface area contributed by atoms with Crippen LogP contribution in [0.25, 0.3) is 0 Å². The maximum absolute atomic E-state index is 13.0. The zero-order chi connectivity index (χ0) is 18.4. The van der Waals surface area contributed by atoms with Gasteiger partial charge < -0.3 is 10.6 Å². The Morgan fingerprint density at radius 2 is 2.00 bits per heavy atom. The molecule has 1 heterocycles. The molecule has 2 N–H and O–H groups in total. The second-order valence-electron chi connectivity index (χ2n) is 7.23. The number of unbranched alkanes of at least 4 members (excludes halogenated alkanes) is 1. The number of halogens is 2. The van der Waals surface area contributed by atoms with E-state index >= 15 is 0 Å². The second kappa shape index (κ2) is 12.9. The molecule has 0 aliphatic carbocycles. The molecule has 4 nitrogen and oxygen atoms in total. The fourth-order valence-corrected chi connectivity index (χ4v) is 3.66. The predicted octanol–water partition coefficient (Wildman–Crippen LogP) is 3.72. The molecule has 0 saturated carbocycles. The van der Waals surface area contributed by atoms with Gasteiger partial charge in [0.05, 0.1) is 0 Å². The van der Waals surface area contributed by atoms with Crippen LogP contribution in [-0.2, 0) is 0 Å². The van der Waals surface area contributed by atoms with Crippen LogP contribution in [0.15, 0.2) is 18.2 Å². The molecule has 0 unspecified atom stereocenters. The number of amides is 1. The molecule has 156 valence electrons. The number of nitrogens with zero attached hydrogens (tertiary/aromatic N) is 2. The van der Waals surface area contributed by atoms with Crippen molar-refractivity contribution in [2.24, 2.45) is 5.73 Å². The van der Waals surface area contributed by atoms with E-state index in [0.29, 0.717) is 11.8 Å². The summed E-state index contributed by atoms with van der Waals surface area (Å²) in [5.74, 6) is 0.864. The molecule has 0 radical (unpaired) electrons. The van der Waals surface area contributed by atoms with Crippen LogP contribution in [0.5, 0.6) is 0 Å². The summed E-state index contributed by atoms with van der Waals surface area (Å²) in [6.07, 6.45) is 3.48. The highest BCUT2D eigenvalue weighted by atomic mass is 35.5. The Morgan fingerprint density at radius 3 is 2.63 bits per heavy atom. The van der Waals surface area contributed by atoms with Gasteiger partial charge in [-0.25, -0.2) is 0 Å². The molecule has 27 heavy (non-hydrogen) atoms. The van der Waals surface area contributed by atoms with E-state index in [1.807, 2.05) is 24.0 Å². The first-order chi connectivity index (χ1) is 12.0. The Labute approximate surface area is 182 Å². The highest BCUT2D eigenvalue weighted by Crippen LogP contribution is 2.20. The highest BCUT2D eigenvalue weighted by molar-refractivity contribution is 7.80. The fourth-order valence-electron chi connectivity index (χ4n) is 3.54. The van der Waals surface area contributed by atoms with E-state index in [0.717, 1.165) is 43.7 Å². The van der Waals surface area contributed by atoms with Crippen molar-refractivity contribution in [3.05, 3.63) is 34.9 Å². The van der Waals surface area contributed by atoms with Crippen LogP contribution in [0.1, 0.15) is 47.7 Å². The Kier molecular flexibility index (Phi) is 12.7. The number of hydrogen-bond donors (Lipinski definition) is 2. The van der Waals surface area contributed by atoms with E-state index in [1.54, 1.807) is 0 Å². The van der Waals surface area contributed by atoms with E-state index < -0.39 is 0 Å². The third-order valence-corrected chi connectivity index (χ3v) is 5.79.